The summed E-state index contributed by atoms with van der Waals surface area (Å²) in [5, 5.41) is 3.18. The molecule has 2 heterocycles. The second kappa shape index (κ2) is 4.45. The van der Waals surface area contributed by atoms with E-state index in [1.54, 1.807) is 0 Å². The smallest absolute Gasteiger partial charge is 0.207 e. The summed E-state index contributed by atoms with van der Waals surface area (Å²) >= 11 is 0. The predicted molar refractivity (Wildman–Crippen MR) is 76.0 cm³/mol. The Kier molecular flexibility index (Phi) is 2.97. The molecule has 20 heavy (non-hydrogen) atoms. The number of rotatable bonds is 1. The second-order valence-electron chi connectivity index (χ2n) is 6.55. The Morgan fingerprint density at radius 2 is 1.80 bits per heavy atom. The van der Waals surface area contributed by atoms with Crippen LogP contribution in [0.1, 0.15) is 20.3 Å². The minimum atomic E-state index is -0.207. The highest BCUT2D eigenvalue weighted by Gasteiger charge is 2.40. The molecule has 0 bridgehead atoms. The Morgan fingerprint density at radius 3 is 2.45 bits per heavy atom. The zero-order valence-electron chi connectivity index (χ0n) is 12.3. The highest BCUT2D eigenvalue weighted by molar-refractivity contribution is 6.22. The van der Waals surface area contributed by atoms with Gasteiger partial charge in [-0.15, -0.1) is 0 Å². The lowest BCUT2D eigenvalue weighted by molar-refractivity contribution is -0.117. The fourth-order valence-electron chi connectivity index (χ4n) is 3.09. The molecular weight excluding hydrogens is 254 g/mol. The van der Waals surface area contributed by atoms with E-state index in [1.807, 2.05) is 13.8 Å². The molecule has 0 aromatic carbocycles. The van der Waals surface area contributed by atoms with Gasteiger partial charge in [-0.3, -0.25) is 9.59 Å². The Bertz CT molecular complexity index is 537. The van der Waals surface area contributed by atoms with Gasteiger partial charge in [-0.25, -0.2) is 0 Å². The van der Waals surface area contributed by atoms with E-state index < -0.39 is 0 Å². The van der Waals surface area contributed by atoms with Gasteiger partial charge in [0.15, 0.2) is 0 Å². The third-order valence-corrected chi connectivity index (χ3v) is 4.25. The van der Waals surface area contributed by atoms with Crippen LogP contribution in [0, 0.1) is 0 Å². The van der Waals surface area contributed by atoms with Crippen LogP contribution >= 0.6 is 0 Å². The van der Waals surface area contributed by atoms with Crippen LogP contribution < -0.4 is 5.32 Å². The van der Waals surface area contributed by atoms with E-state index in [1.165, 1.54) is 6.08 Å². The maximum absolute atomic E-state index is 12.6. The molecule has 0 radical (unpaired) electrons. The summed E-state index contributed by atoms with van der Waals surface area (Å²) < 4.78 is 0. The molecule has 0 aromatic rings. The number of carbonyl (C=O) groups excluding carboxylic acids is 2. The molecule has 1 fully saturated rings. The first-order valence-corrected chi connectivity index (χ1v) is 7.13. The summed E-state index contributed by atoms with van der Waals surface area (Å²) in [6.07, 6.45) is 2.14. The predicted octanol–water partition coefficient (Wildman–Crippen LogP) is 0.296. The van der Waals surface area contributed by atoms with E-state index in [0.717, 1.165) is 26.2 Å². The van der Waals surface area contributed by atoms with Crippen molar-refractivity contribution < 1.29 is 9.59 Å². The number of likely N-dealkylation sites (N-methyl/N-ethyl adjacent to an activating group) is 1. The largest absolute Gasteiger partial charge is 0.376 e. The van der Waals surface area contributed by atoms with Crippen LogP contribution in [0.5, 0.6) is 0 Å². The van der Waals surface area contributed by atoms with Gasteiger partial charge in [0.1, 0.15) is 0 Å². The monoisotopic (exact) mass is 275 g/mol. The molecule has 3 rings (SSSR count). The van der Waals surface area contributed by atoms with E-state index >= 15 is 0 Å². The minimum absolute atomic E-state index is 0.0298. The minimum Gasteiger partial charge on any atom is -0.376 e. The summed E-state index contributed by atoms with van der Waals surface area (Å²) in [4.78, 5) is 29.2. The topological polar surface area (TPSA) is 52.6 Å². The fourth-order valence-corrected chi connectivity index (χ4v) is 3.09. The van der Waals surface area contributed by atoms with E-state index in [-0.39, 0.29) is 17.1 Å². The van der Waals surface area contributed by atoms with Crippen molar-refractivity contribution >= 4 is 11.6 Å². The number of carbonyl (C=O) groups is 2. The zero-order chi connectivity index (χ0) is 14.5. The van der Waals surface area contributed by atoms with E-state index in [0.29, 0.717) is 23.4 Å². The van der Waals surface area contributed by atoms with Gasteiger partial charge < -0.3 is 15.1 Å². The van der Waals surface area contributed by atoms with Gasteiger partial charge in [0.25, 0.3) is 0 Å². The van der Waals surface area contributed by atoms with Gasteiger partial charge in [0, 0.05) is 49.8 Å². The second-order valence-corrected chi connectivity index (χ2v) is 6.55. The molecular formula is C15H21N3O2. The average Bonchev–Trinajstić information content (AvgIpc) is 2.72. The van der Waals surface area contributed by atoms with E-state index in [9.17, 15) is 9.59 Å². The van der Waals surface area contributed by atoms with Crippen molar-refractivity contribution in [1.82, 2.24) is 15.1 Å². The summed E-state index contributed by atoms with van der Waals surface area (Å²) in [5.41, 5.74) is 1.55. The molecule has 0 aromatic heterocycles. The van der Waals surface area contributed by atoms with Crippen molar-refractivity contribution in [2.24, 2.45) is 0 Å². The van der Waals surface area contributed by atoms with Crippen LogP contribution in [0.15, 0.2) is 23.0 Å². The first-order chi connectivity index (χ1) is 9.37. The van der Waals surface area contributed by atoms with Crippen molar-refractivity contribution in [2.45, 2.75) is 25.8 Å². The summed E-state index contributed by atoms with van der Waals surface area (Å²) in [7, 11) is 2.07. The number of allylic oxidation sites excluding steroid dienone is 2. The Balaban J connectivity index is 1.84. The lowest BCUT2D eigenvalue weighted by Crippen LogP contribution is -2.46. The molecule has 2 aliphatic heterocycles. The van der Waals surface area contributed by atoms with Crippen LogP contribution in [-0.4, -0.2) is 60.1 Å². The maximum atomic E-state index is 12.6. The average molecular weight is 275 g/mol. The van der Waals surface area contributed by atoms with Gasteiger partial charge in [0.05, 0.1) is 11.4 Å². The highest BCUT2D eigenvalue weighted by atomic mass is 16.1. The SMILES string of the molecule is CN1CCN(C2=CC(=O)C3=C(CC(C)(C)N3)C2=O)CC1. The van der Waals surface area contributed by atoms with Crippen LogP contribution in [0.3, 0.4) is 0 Å². The van der Waals surface area contributed by atoms with E-state index in [2.05, 4.69) is 22.2 Å². The zero-order valence-corrected chi connectivity index (χ0v) is 12.3. The Hall–Kier alpha value is -1.62. The molecule has 108 valence electrons. The van der Waals surface area contributed by atoms with Gasteiger partial charge in [0.2, 0.25) is 11.6 Å². The Morgan fingerprint density at radius 1 is 1.15 bits per heavy atom. The summed E-state index contributed by atoms with van der Waals surface area (Å²) in [6.45, 7) is 7.49. The normalized spacial score (nSPS) is 26.6. The quantitative estimate of drug-likeness (QED) is 0.697. The third kappa shape index (κ3) is 2.16. The van der Waals surface area contributed by atoms with Crippen molar-refractivity contribution in [3.63, 3.8) is 0 Å². The lowest BCUT2D eigenvalue weighted by Gasteiger charge is -2.35. The van der Waals surface area contributed by atoms with Gasteiger partial charge in [-0.2, -0.15) is 0 Å². The number of hydrogen-bond acceptors (Lipinski definition) is 5. The molecule has 1 saturated heterocycles. The van der Waals surface area contributed by atoms with E-state index in [4.69, 9.17) is 0 Å². The first-order valence-electron chi connectivity index (χ1n) is 7.13. The molecule has 0 amide bonds. The molecule has 0 spiro atoms. The molecule has 0 atom stereocenters. The number of nitrogens with zero attached hydrogens (tertiary/aromatic N) is 2. The van der Waals surface area contributed by atoms with Gasteiger partial charge >= 0.3 is 0 Å². The molecule has 0 saturated carbocycles. The number of hydrogen-bond donors (Lipinski definition) is 1. The Labute approximate surface area is 119 Å². The molecule has 0 unspecified atom stereocenters. The van der Waals surface area contributed by atoms with Crippen molar-refractivity contribution in [3.8, 4) is 0 Å². The van der Waals surface area contributed by atoms with Crippen LogP contribution in [0.25, 0.3) is 0 Å². The molecule has 1 aliphatic carbocycles. The third-order valence-electron chi connectivity index (χ3n) is 4.25. The summed E-state index contributed by atoms with van der Waals surface area (Å²) in [5.74, 6) is -0.0265. The van der Waals surface area contributed by atoms with Crippen molar-refractivity contribution in [1.29, 1.82) is 0 Å². The molecule has 3 aliphatic rings. The van der Waals surface area contributed by atoms with Gasteiger partial charge in [-0.05, 0) is 20.9 Å². The fraction of sp³-hybridized carbons (Fsp3) is 0.600. The van der Waals surface area contributed by atoms with Crippen LogP contribution in [-0.2, 0) is 9.59 Å². The highest BCUT2D eigenvalue weighted by Crippen LogP contribution is 2.33. The maximum Gasteiger partial charge on any atom is 0.207 e. The van der Waals surface area contributed by atoms with Crippen LogP contribution in [0.4, 0.5) is 0 Å². The number of piperazine rings is 1. The van der Waals surface area contributed by atoms with Crippen molar-refractivity contribution in [2.75, 3.05) is 33.2 Å². The summed E-state index contributed by atoms with van der Waals surface area (Å²) in [6, 6.07) is 0. The lowest BCUT2D eigenvalue weighted by atomic mass is 9.92. The molecule has 5 nitrogen and oxygen atoms in total. The van der Waals surface area contributed by atoms with Gasteiger partial charge in [-0.1, -0.05) is 0 Å². The van der Waals surface area contributed by atoms with Crippen LogP contribution in [0.2, 0.25) is 0 Å². The number of nitrogens with one attached hydrogen (secondary N) is 1. The molecule has 5 heteroatoms. The molecule has 1 N–H and O–H groups in total. The standard InChI is InChI=1S/C15H21N3O2/c1-15(2)9-10-13(16-15)12(19)8-11(14(10)20)18-6-4-17(3)5-7-18/h8,16H,4-7,9H2,1-3H3. The number of Topliss-reactive ketones (excluding diaryl/α,β-unsaturated/α-hetero) is 1. The van der Waals surface area contributed by atoms with Crippen molar-refractivity contribution in [3.05, 3.63) is 23.0 Å². The number of ketones is 2. The first kappa shape index (κ1) is 13.4.